The number of ether oxygens (including phenoxy) is 1. The third kappa shape index (κ3) is 9.14. The number of rotatable bonds is 6. The lowest BCUT2D eigenvalue weighted by Crippen LogP contribution is -2.15. The van der Waals surface area contributed by atoms with Crippen LogP contribution in [-0.4, -0.2) is 35.7 Å². The van der Waals surface area contributed by atoms with E-state index < -0.39 is 24.1 Å². The summed E-state index contributed by atoms with van der Waals surface area (Å²) < 4.78 is 24.3. The molecule has 0 fully saturated rings. The fourth-order valence-electron chi connectivity index (χ4n) is 0.763. The average molecular weight is 341 g/mol. The minimum absolute atomic E-state index is 0.145. The highest BCUT2D eigenvalue weighted by Crippen LogP contribution is 2.45. The monoisotopic (exact) mass is 339 g/mol. The van der Waals surface area contributed by atoms with Crippen LogP contribution >= 0.6 is 42.4 Å². The molecule has 18 heavy (non-hydrogen) atoms. The van der Waals surface area contributed by atoms with Gasteiger partial charge in [-0.2, -0.15) is 4.99 Å². The van der Waals surface area contributed by atoms with Crippen LogP contribution in [0.15, 0.2) is 4.99 Å². The van der Waals surface area contributed by atoms with Gasteiger partial charge in [-0.3, -0.25) is 4.57 Å². The van der Waals surface area contributed by atoms with Crippen molar-refractivity contribution < 1.29 is 23.1 Å². The maximum Gasteiger partial charge on any atom is 0.434 e. The lowest BCUT2D eigenvalue weighted by Gasteiger charge is -2.12. The summed E-state index contributed by atoms with van der Waals surface area (Å²) in [7, 11) is -3.53. The Morgan fingerprint density at radius 1 is 1.28 bits per heavy atom. The second-order valence-electron chi connectivity index (χ2n) is 2.79. The largest absolute Gasteiger partial charge is 0.443 e. The first-order valence-electron chi connectivity index (χ1n) is 4.90. The van der Waals surface area contributed by atoms with Gasteiger partial charge in [-0.25, -0.2) is 4.79 Å². The quantitative estimate of drug-likeness (QED) is 0.418. The molecule has 0 spiro atoms. The number of carbonyl (C=O) groups is 1. The molecule has 0 aliphatic rings. The van der Waals surface area contributed by atoms with Gasteiger partial charge in [-0.15, -0.1) is 0 Å². The molecule has 0 aromatic rings. The highest BCUT2D eigenvalue weighted by molar-refractivity contribution is 7.69. The summed E-state index contributed by atoms with van der Waals surface area (Å²) in [5.41, 5.74) is 0. The summed E-state index contributed by atoms with van der Waals surface area (Å²) in [5.74, 6) is 0.765. The van der Waals surface area contributed by atoms with Gasteiger partial charge in [0.25, 0.3) is 0 Å². The number of hydrogen-bond donors (Lipinski definition) is 0. The molecule has 0 aromatic carbocycles. The molecule has 0 aliphatic carbocycles. The van der Waals surface area contributed by atoms with Gasteiger partial charge >= 0.3 is 13.7 Å². The van der Waals surface area contributed by atoms with Crippen molar-refractivity contribution >= 4 is 54.4 Å². The molecule has 0 heterocycles. The van der Waals surface area contributed by atoms with Gasteiger partial charge in [0, 0.05) is 0 Å². The molecule has 6 nitrogen and oxygen atoms in total. The standard InChI is InChI=1S/C8H13Cl3NO5P/c1-3-16-18(14,17-4-2)6-12-7(13)15-5-8(9,10)11/h6H,3-5H2,1-2H3/b12-6+. The van der Waals surface area contributed by atoms with E-state index in [-0.39, 0.29) is 13.2 Å². The fourth-order valence-corrected chi connectivity index (χ4v) is 2.09. The third-order valence-electron chi connectivity index (χ3n) is 1.28. The Morgan fingerprint density at radius 3 is 2.17 bits per heavy atom. The SMILES string of the molecule is CCOP(=O)(/C=N/C(=O)OCC(Cl)(Cl)Cl)OCC. The number of amides is 1. The van der Waals surface area contributed by atoms with E-state index in [1.54, 1.807) is 13.8 Å². The van der Waals surface area contributed by atoms with Crippen molar-refractivity contribution in [2.24, 2.45) is 4.99 Å². The molecular formula is C8H13Cl3NO5P. The van der Waals surface area contributed by atoms with E-state index in [9.17, 15) is 9.36 Å². The van der Waals surface area contributed by atoms with Gasteiger partial charge in [0.05, 0.1) is 13.2 Å². The van der Waals surface area contributed by atoms with Crippen molar-refractivity contribution in [3.8, 4) is 0 Å². The van der Waals surface area contributed by atoms with Crippen LogP contribution in [0.1, 0.15) is 13.8 Å². The van der Waals surface area contributed by atoms with E-state index in [0.29, 0.717) is 0 Å². The summed E-state index contributed by atoms with van der Waals surface area (Å²) in [6.45, 7) is 3.07. The van der Waals surface area contributed by atoms with Gasteiger partial charge in [-0.1, -0.05) is 34.8 Å². The van der Waals surface area contributed by atoms with E-state index in [4.69, 9.17) is 43.9 Å². The molecule has 0 aliphatic heterocycles. The summed E-state index contributed by atoms with van der Waals surface area (Å²) in [6.07, 6.45) is -1.05. The summed E-state index contributed by atoms with van der Waals surface area (Å²) in [5, 5.41) is 0. The minimum atomic E-state index is -3.53. The molecule has 1 amide bonds. The van der Waals surface area contributed by atoms with Gasteiger partial charge in [0.1, 0.15) is 12.6 Å². The molecule has 0 radical (unpaired) electrons. The zero-order valence-corrected chi connectivity index (χ0v) is 12.9. The lowest BCUT2D eigenvalue weighted by atomic mass is 10.8. The second-order valence-corrected chi connectivity index (χ2v) is 7.13. The van der Waals surface area contributed by atoms with Gasteiger partial charge in [0.15, 0.2) is 0 Å². The van der Waals surface area contributed by atoms with Crippen LogP contribution in [-0.2, 0) is 18.3 Å². The zero-order chi connectivity index (χ0) is 14.2. The molecule has 0 bridgehead atoms. The number of halogens is 3. The number of hydrogen-bond acceptors (Lipinski definition) is 5. The fraction of sp³-hybridized carbons (Fsp3) is 0.750. The van der Waals surface area contributed by atoms with Crippen molar-refractivity contribution in [3.05, 3.63) is 0 Å². The first-order valence-corrected chi connectivity index (χ1v) is 7.64. The van der Waals surface area contributed by atoms with Crippen LogP contribution in [0.5, 0.6) is 0 Å². The molecular weight excluding hydrogens is 327 g/mol. The molecule has 0 rings (SSSR count). The maximum absolute atomic E-state index is 11.8. The van der Waals surface area contributed by atoms with Crippen LogP contribution in [0.3, 0.4) is 0 Å². The van der Waals surface area contributed by atoms with Crippen LogP contribution in [0.25, 0.3) is 0 Å². The van der Waals surface area contributed by atoms with E-state index in [0.717, 1.165) is 5.96 Å². The van der Waals surface area contributed by atoms with Crippen LogP contribution in [0.2, 0.25) is 0 Å². The Hall–Kier alpha value is 0.160. The first-order chi connectivity index (χ1) is 8.22. The Labute approximate surface area is 120 Å². The predicted molar refractivity (Wildman–Crippen MR) is 71.0 cm³/mol. The first kappa shape index (κ1) is 18.2. The molecule has 0 saturated heterocycles. The molecule has 0 unspecified atom stereocenters. The number of nitrogens with zero attached hydrogens (tertiary/aromatic N) is 1. The Kier molecular flexibility index (Phi) is 8.43. The summed E-state index contributed by atoms with van der Waals surface area (Å²) in [4.78, 5) is 14.4. The van der Waals surface area contributed by atoms with Gasteiger partial charge in [-0.05, 0) is 13.8 Å². The van der Waals surface area contributed by atoms with E-state index in [1.165, 1.54) is 0 Å². The Morgan fingerprint density at radius 2 is 1.78 bits per heavy atom. The number of alkyl halides is 3. The molecule has 0 N–H and O–H groups in total. The maximum atomic E-state index is 11.8. The van der Waals surface area contributed by atoms with Crippen molar-refractivity contribution in [2.45, 2.75) is 17.6 Å². The van der Waals surface area contributed by atoms with E-state index >= 15 is 0 Å². The van der Waals surface area contributed by atoms with Crippen molar-refractivity contribution in [1.82, 2.24) is 0 Å². The van der Waals surface area contributed by atoms with Crippen LogP contribution in [0.4, 0.5) is 4.79 Å². The summed E-state index contributed by atoms with van der Waals surface area (Å²) >= 11 is 16.1. The smallest absolute Gasteiger partial charge is 0.434 e. The van der Waals surface area contributed by atoms with Gasteiger partial charge < -0.3 is 13.8 Å². The Bertz CT molecular complexity index is 334. The molecule has 10 heteroatoms. The predicted octanol–water partition coefficient (Wildman–Crippen LogP) is 3.79. The van der Waals surface area contributed by atoms with Crippen molar-refractivity contribution in [1.29, 1.82) is 0 Å². The molecule has 106 valence electrons. The van der Waals surface area contributed by atoms with Crippen LogP contribution in [0, 0.1) is 0 Å². The number of carbonyl (C=O) groups excluding carboxylic acids is 1. The third-order valence-corrected chi connectivity index (χ3v) is 3.24. The summed E-state index contributed by atoms with van der Waals surface area (Å²) in [6, 6.07) is 0. The minimum Gasteiger partial charge on any atom is -0.443 e. The van der Waals surface area contributed by atoms with Crippen molar-refractivity contribution in [2.75, 3.05) is 19.8 Å². The van der Waals surface area contributed by atoms with E-state index in [1.807, 2.05) is 0 Å². The topological polar surface area (TPSA) is 74.2 Å². The van der Waals surface area contributed by atoms with Crippen LogP contribution < -0.4 is 0 Å². The molecule has 0 aromatic heterocycles. The Balaban J connectivity index is 4.41. The molecule has 0 atom stereocenters. The average Bonchev–Trinajstić information content (AvgIpc) is 2.23. The normalized spacial score (nSPS) is 12.9. The highest BCUT2D eigenvalue weighted by atomic mass is 35.6. The molecule has 0 saturated carbocycles. The van der Waals surface area contributed by atoms with E-state index in [2.05, 4.69) is 9.73 Å². The lowest BCUT2D eigenvalue weighted by molar-refractivity contribution is 0.159. The van der Waals surface area contributed by atoms with Crippen molar-refractivity contribution in [3.63, 3.8) is 0 Å². The van der Waals surface area contributed by atoms with Gasteiger partial charge in [0.2, 0.25) is 3.79 Å². The highest BCUT2D eigenvalue weighted by Gasteiger charge is 2.24. The zero-order valence-electron chi connectivity index (χ0n) is 9.77. The second kappa shape index (κ2) is 8.35. The number of aliphatic imine (C=N–C) groups is 1.